The molecule has 1 aromatic carbocycles. The van der Waals surface area contributed by atoms with E-state index in [2.05, 4.69) is 36.2 Å². The van der Waals surface area contributed by atoms with Crippen molar-refractivity contribution in [3.8, 4) is 10.6 Å². The second-order valence-electron chi connectivity index (χ2n) is 5.78. The molecule has 1 atom stereocenters. The summed E-state index contributed by atoms with van der Waals surface area (Å²) in [5.74, 6) is 0.0689. The topological polar surface area (TPSA) is 59.2 Å². The van der Waals surface area contributed by atoms with E-state index in [9.17, 15) is 4.79 Å². The number of nitrogens with two attached hydrogens (primary N) is 1. The van der Waals surface area contributed by atoms with Crippen molar-refractivity contribution in [2.45, 2.75) is 32.7 Å². The molecule has 1 aromatic heterocycles. The van der Waals surface area contributed by atoms with Crippen molar-refractivity contribution in [1.82, 2.24) is 9.88 Å². The maximum absolute atomic E-state index is 12.6. The lowest BCUT2D eigenvalue weighted by molar-refractivity contribution is 0.0794. The van der Waals surface area contributed by atoms with E-state index in [1.807, 2.05) is 11.8 Å². The van der Waals surface area contributed by atoms with Crippen molar-refractivity contribution in [3.63, 3.8) is 0 Å². The smallest absolute Gasteiger partial charge is 0.265 e. The first-order chi connectivity index (χ1) is 10.6. The van der Waals surface area contributed by atoms with Gasteiger partial charge < -0.3 is 10.6 Å². The molecule has 22 heavy (non-hydrogen) atoms. The summed E-state index contributed by atoms with van der Waals surface area (Å²) < 4.78 is 0. The molecule has 5 heteroatoms. The monoisotopic (exact) mass is 315 g/mol. The molecular formula is C17H21N3OS. The molecule has 2 heterocycles. The Balaban J connectivity index is 1.85. The summed E-state index contributed by atoms with van der Waals surface area (Å²) in [6.07, 6.45) is 1.91. The molecule has 2 N–H and O–H groups in total. The average Bonchev–Trinajstić information content (AvgIpc) is 3.13. The number of hydrogen-bond acceptors (Lipinski definition) is 4. The largest absolute Gasteiger partial charge is 0.336 e. The van der Waals surface area contributed by atoms with Gasteiger partial charge in [-0.3, -0.25) is 4.79 Å². The molecule has 4 nitrogen and oxygen atoms in total. The van der Waals surface area contributed by atoms with E-state index in [4.69, 9.17) is 5.73 Å². The second-order valence-corrected chi connectivity index (χ2v) is 6.78. The van der Waals surface area contributed by atoms with E-state index in [1.165, 1.54) is 16.9 Å². The van der Waals surface area contributed by atoms with E-state index in [0.29, 0.717) is 6.54 Å². The third kappa shape index (κ3) is 2.91. The first-order valence-electron chi connectivity index (χ1n) is 7.70. The van der Waals surface area contributed by atoms with Gasteiger partial charge in [0.2, 0.25) is 0 Å². The maximum atomic E-state index is 12.6. The van der Waals surface area contributed by atoms with Crippen LogP contribution in [-0.2, 0) is 6.42 Å². The van der Waals surface area contributed by atoms with E-state index in [-0.39, 0.29) is 11.9 Å². The first-order valence-corrected chi connectivity index (χ1v) is 8.51. The van der Waals surface area contributed by atoms with Gasteiger partial charge in [0.15, 0.2) is 0 Å². The number of amides is 1. The van der Waals surface area contributed by atoms with Gasteiger partial charge in [-0.25, -0.2) is 4.98 Å². The first kappa shape index (κ1) is 15.2. The standard InChI is InChI=1S/C17H21N3OS/c1-3-12-4-6-13(7-5-12)16-19-11(2)15(22-16)17(21)20-9-8-14(18)10-20/h4-7,14H,3,8-10,18H2,1-2H3/t14-/m1/s1. The highest BCUT2D eigenvalue weighted by molar-refractivity contribution is 7.17. The fourth-order valence-electron chi connectivity index (χ4n) is 2.72. The molecule has 0 aliphatic carbocycles. The molecule has 0 unspecified atom stereocenters. The van der Waals surface area contributed by atoms with Crippen molar-refractivity contribution in [2.75, 3.05) is 13.1 Å². The Labute approximate surface area is 135 Å². The van der Waals surface area contributed by atoms with Crippen LogP contribution >= 0.6 is 11.3 Å². The molecule has 116 valence electrons. The summed E-state index contributed by atoms with van der Waals surface area (Å²) in [4.78, 5) is 19.8. The van der Waals surface area contributed by atoms with Crippen molar-refractivity contribution in [1.29, 1.82) is 0 Å². The van der Waals surface area contributed by atoms with E-state index >= 15 is 0 Å². The molecule has 0 bridgehead atoms. The van der Waals surface area contributed by atoms with Crippen molar-refractivity contribution in [3.05, 3.63) is 40.4 Å². The number of thiazole rings is 1. The summed E-state index contributed by atoms with van der Waals surface area (Å²) >= 11 is 1.48. The summed E-state index contributed by atoms with van der Waals surface area (Å²) in [7, 11) is 0. The van der Waals surface area contributed by atoms with Crippen LogP contribution in [0.3, 0.4) is 0 Å². The molecule has 1 fully saturated rings. The normalized spacial score (nSPS) is 18.0. The highest BCUT2D eigenvalue weighted by Crippen LogP contribution is 2.29. The minimum absolute atomic E-state index is 0.0689. The summed E-state index contributed by atoms with van der Waals surface area (Å²) in [6.45, 7) is 5.44. The van der Waals surface area contributed by atoms with Gasteiger partial charge in [0, 0.05) is 24.7 Å². The van der Waals surface area contributed by atoms with Gasteiger partial charge in [-0.05, 0) is 25.3 Å². The number of benzene rings is 1. The van der Waals surface area contributed by atoms with Crippen molar-refractivity contribution >= 4 is 17.2 Å². The lowest BCUT2D eigenvalue weighted by Crippen LogP contribution is -2.31. The van der Waals surface area contributed by atoms with Crippen LogP contribution in [0.4, 0.5) is 0 Å². The average molecular weight is 315 g/mol. The summed E-state index contributed by atoms with van der Waals surface area (Å²) in [5.41, 5.74) is 9.08. The van der Waals surface area contributed by atoms with Crippen LogP contribution < -0.4 is 5.73 Å². The number of rotatable bonds is 3. The van der Waals surface area contributed by atoms with Crippen molar-refractivity contribution < 1.29 is 4.79 Å². The van der Waals surface area contributed by atoms with Gasteiger partial charge in [0.25, 0.3) is 5.91 Å². The van der Waals surface area contributed by atoms with Gasteiger partial charge in [-0.1, -0.05) is 31.2 Å². The fraction of sp³-hybridized carbons (Fsp3) is 0.412. The number of nitrogens with zero attached hydrogens (tertiary/aromatic N) is 2. The molecular weight excluding hydrogens is 294 g/mol. The lowest BCUT2D eigenvalue weighted by Gasteiger charge is -2.14. The molecule has 3 rings (SSSR count). The number of carbonyl (C=O) groups is 1. The Morgan fingerprint density at radius 2 is 2.14 bits per heavy atom. The van der Waals surface area contributed by atoms with Gasteiger partial charge in [0.1, 0.15) is 9.88 Å². The van der Waals surface area contributed by atoms with Gasteiger partial charge in [-0.2, -0.15) is 0 Å². The highest BCUT2D eigenvalue weighted by atomic mass is 32.1. The molecule has 1 saturated heterocycles. The Hall–Kier alpha value is -1.72. The SMILES string of the molecule is CCc1ccc(-c2nc(C)c(C(=O)N3CC[C@@H](N)C3)s2)cc1. The third-order valence-corrected chi connectivity index (χ3v) is 5.31. The Bertz CT molecular complexity index is 678. The van der Waals surface area contributed by atoms with E-state index in [0.717, 1.165) is 40.5 Å². The number of likely N-dealkylation sites (tertiary alicyclic amines) is 1. The fourth-order valence-corrected chi connectivity index (χ4v) is 3.76. The van der Waals surface area contributed by atoms with Gasteiger partial charge in [0.05, 0.1) is 5.69 Å². The zero-order chi connectivity index (χ0) is 15.7. The molecule has 0 spiro atoms. The predicted molar refractivity (Wildman–Crippen MR) is 90.2 cm³/mol. The zero-order valence-corrected chi connectivity index (χ0v) is 13.8. The minimum atomic E-state index is 0.0689. The van der Waals surface area contributed by atoms with Crippen LogP contribution in [0.5, 0.6) is 0 Å². The highest BCUT2D eigenvalue weighted by Gasteiger charge is 2.27. The Kier molecular flexibility index (Phi) is 4.27. The quantitative estimate of drug-likeness (QED) is 0.947. The minimum Gasteiger partial charge on any atom is -0.336 e. The summed E-state index contributed by atoms with van der Waals surface area (Å²) in [5, 5.41) is 0.909. The maximum Gasteiger partial charge on any atom is 0.265 e. The van der Waals surface area contributed by atoms with E-state index < -0.39 is 0 Å². The third-order valence-electron chi connectivity index (χ3n) is 4.11. The van der Waals surface area contributed by atoms with Crippen LogP contribution in [0.25, 0.3) is 10.6 Å². The van der Waals surface area contributed by atoms with Gasteiger partial charge in [-0.15, -0.1) is 11.3 Å². The second kappa shape index (κ2) is 6.18. The number of carbonyl (C=O) groups excluding carboxylic acids is 1. The zero-order valence-electron chi connectivity index (χ0n) is 13.0. The molecule has 2 aromatic rings. The number of aryl methyl sites for hydroxylation is 2. The van der Waals surface area contributed by atoms with Crippen LogP contribution in [0.2, 0.25) is 0 Å². The van der Waals surface area contributed by atoms with Crippen LogP contribution in [0.15, 0.2) is 24.3 Å². The molecule has 0 saturated carbocycles. The lowest BCUT2D eigenvalue weighted by atomic mass is 10.1. The Morgan fingerprint density at radius 3 is 2.73 bits per heavy atom. The van der Waals surface area contributed by atoms with Crippen LogP contribution in [0.1, 0.15) is 34.3 Å². The molecule has 0 radical (unpaired) electrons. The predicted octanol–water partition coefficient (Wildman–Crippen LogP) is 2.85. The van der Waals surface area contributed by atoms with Gasteiger partial charge >= 0.3 is 0 Å². The number of hydrogen-bond donors (Lipinski definition) is 1. The molecule has 1 amide bonds. The summed E-state index contributed by atoms with van der Waals surface area (Å²) in [6, 6.07) is 8.51. The van der Waals surface area contributed by atoms with Crippen LogP contribution in [-0.4, -0.2) is 34.9 Å². The van der Waals surface area contributed by atoms with Crippen LogP contribution in [0, 0.1) is 6.92 Å². The molecule has 1 aliphatic heterocycles. The van der Waals surface area contributed by atoms with Crippen molar-refractivity contribution in [2.24, 2.45) is 5.73 Å². The Morgan fingerprint density at radius 1 is 1.41 bits per heavy atom. The molecule has 1 aliphatic rings. The number of aromatic nitrogens is 1. The van der Waals surface area contributed by atoms with E-state index in [1.54, 1.807) is 0 Å².